The molecule has 1 aromatic carbocycles. The second kappa shape index (κ2) is 8.81. The van der Waals surface area contributed by atoms with Crippen LogP contribution in [0.15, 0.2) is 18.2 Å². The number of hydrogen-bond donors (Lipinski definition) is 1. The minimum atomic E-state index is 0.211. The first-order valence-corrected chi connectivity index (χ1v) is 7.34. The largest absolute Gasteiger partial charge is 0.490 e. The topological polar surface area (TPSA) is 30.5 Å². The molecule has 1 N–H and O–H groups in total. The summed E-state index contributed by atoms with van der Waals surface area (Å²) in [6, 6.07) is 6.19. The predicted octanol–water partition coefficient (Wildman–Crippen LogP) is 3.76. The van der Waals surface area contributed by atoms with Gasteiger partial charge in [-0.2, -0.15) is 0 Å². The molecule has 0 aliphatic carbocycles. The van der Waals surface area contributed by atoms with Crippen LogP contribution in [0.4, 0.5) is 0 Å². The van der Waals surface area contributed by atoms with E-state index in [4.69, 9.17) is 9.47 Å². The summed E-state index contributed by atoms with van der Waals surface area (Å²) in [5.74, 6) is 1.69. The van der Waals surface area contributed by atoms with Crippen molar-refractivity contribution in [3.05, 3.63) is 23.8 Å². The zero-order chi connectivity index (χ0) is 14.1. The normalized spacial score (nSPS) is 12.2. The summed E-state index contributed by atoms with van der Waals surface area (Å²) >= 11 is 0. The molecule has 19 heavy (non-hydrogen) atoms. The zero-order valence-corrected chi connectivity index (χ0v) is 12.7. The fourth-order valence-corrected chi connectivity index (χ4v) is 1.74. The lowest BCUT2D eigenvalue weighted by Gasteiger charge is -2.17. The third-order valence-corrected chi connectivity index (χ3v) is 2.97. The molecule has 0 bridgehead atoms. The molecule has 0 saturated heterocycles. The minimum Gasteiger partial charge on any atom is -0.490 e. The summed E-state index contributed by atoms with van der Waals surface area (Å²) in [4.78, 5) is 0. The van der Waals surface area contributed by atoms with Gasteiger partial charge in [0.05, 0.1) is 12.7 Å². The first kappa shape index (κ1) is 15.8. The van der Waals surface area contributed by atoms with Gasteiger partial charge >= 0.3 is 0 Å². The lowest BCUT2D eigenvalue weighted by Crippen LogP contribution is -2.14. The fraction of sp³-hybridized carbons (Fsp3) is 0.625. The van der Waals surface area contributed by atoms with Crippen molar-refractivity contribution in [1.29, 1.82) is 0 Å². The van der Waals surface area contributed by atoms with Gasteiger partial charge in [-0.15, -0.1) is 0 Å². The Balaban J connectivity index is 2.75. The Morgan fingerprint density at radius 1 is 1.16 bits per heavy atom. The monoisotopic (exact) mass is 265 g/mol. The van der Waals surface area contributed by atoms with E-state index in [0.717, 1.165) is 37.4 Å². The summed E-state index contributed by atoms with van der Waals surface area (Å²) in [6.45, 7) is 10.9. The molecule has 3 heteroatoms. The standard InChI is InChI=1S/C16H27NO2/c1-5-10-17-12-14-8-9-15(19-13(4)6-2)16(11-14)18-7-3/h8-9,11,13,17H,5-7,10,12H2,1-4H3/t13-/m1/s1. The maximum atomic E-state index is 5.88. The van der Waals surface area contributed by atoms with E-state index in [2.05, 4.69) is 38.2 Å². The smallest absolute Gasteiger partial charge is 0.161 e. The average molecular weight is 265 g/mol. The number of rotatable bonds is 9. The zero-order valence-electron chi connectivity index (χ0n) is 12.7. The Morgan fingerprint density at radius 2 is 1.95 bits per heavy atom. The van der Waals surface area contributed by atoms with Crippen molar-refractivity contribution in [2.24, 2.45) is 0 Å². The highest BCUT2D eigenvalue weighted by molar-refractivity contribution is 5.43. The molecule has 0 saturated carbocycles. The van der Waals surface area contributed by atoms with Gasteiger partial charge in [0.15, 0.2) is 11.5 Å². The molecule has 0 unspecified atom stereocenters. The summed E-state index contributed by atoms with van der Waals surface area (Å²) in [5, 5.41) is 3.40. The lowest BCUT2D eigenvalue weighted by molar-refractivity contribution is 0.203. The second-order valence-electron chi connectivity index (χ2n) is 4.73. The number of hydrogen-bond acceptors (Lipinski definition) is 3. The summed E-state index contributed by atoms with van der Waals surface area (Å²) in [5.41, 5.74) is 1.23. The van der Waals surface area contributed by atoms with E-state index in [0.29, 0.717) is 6.61 Å². The maximum Gasteiger partial charge on any atom is 0.161 e. The van der Waals surface area contributed by atoms with Gasteiger partial charge in [0.2, 0.25) is 0 Å². The molecular weight excluding hydrogens is 238 g/mol. The Kier molecular flexibility index (Phi) is 7.34. The lowest BCUT2D eigenvalue weighted by atomic mass is 10.2. The Bertz CT molecular complexity index is 366. The van der Waals surface area contributed by atoms with E-state index in [1.807, 2.05) is 13.0 Å². The molecule has 0 aromatic heterocycles. The van der Waals surface area contributed by atoms with Crippen molar-refractivity contribution in [3.63, 3.8) is 0 Å². The molecule has 108 valence electrons. The third kappa shape index (κ3) is 5.52. The van der Waals surface area contributed by atoms with Gasteiger partial charge in [-0.1, -0.05) is 19.9 Å². The first-order valence-electron chi connectivity index (χ1n) is 7.34. The van der Waals surface area contributed by atoms with Crippen molar-refractivity contribution in [2.45, 2.75) is 53.2 Å². The summed E-state index contributed by atoms with van der Waals surface area (Å²) < 4.78 is 11.6. The molecule has 3 nitrogen and oxygen atoms in total. The number of benzene rings is 1. The van der Waals surface area contributed by atoms with Crippen LogP contribution in [-0.2, 0) is 6.54 Å². The molecule has 0 aliphatic rings. The van der Waals surface area contributed by atoms with Crippen LogP contribution in [0.2, 0.25) is 0 Å². The van der Waals surface area contributed by atoms with E-state index in [-0.39, 0.29) is 6.10 Å². The van der Waals surface area contributed by atoms with E-state index in [1.165, 1.54) is 5.56 Å². The van der Waals surface area contributed by atoms with Crippen molar-refractivity contribution >= 4 is 0 Å². The van der Waals surface area contributed by atoms with Crippen LogP contribution in [0.5, 0.6) is 11.5 Å². The molecular formula is C16H27NO2. The third-order valence-electron chi connectivity index (χ3n) is 2.97. The summed E-state index contributed by atoms with van der Waals surface area (Å²) in [7, 11) is 0. The van der Waals surface area contributed by atoms with E-state index in [9.17, 15) is 0 Å². The van der Waals surface area contributed by atoms with Crippen LogP contribution in [0.25, 0.3) is 0 Å². The van der Waals surface area contributed by atoms with Gasteiger partial charge in [0.1, 0.15) is 0 Å². The van der Waals surface area contributed by atoms with Crippen LogP contribution in [-0.4, -0.2) is 19.3 Å². The second-order valence-corrected chi connectivity index (χ2v) is 4.73. The van der Waals surface area contributed by atoms with Crippen LogP contribution in [0.1, 0.15) is 46.1 Å². The highest BCUT2D eigenvalue weighted by Gasteiger charge is 2.09. The van der Waals surface area contributed by atoms with Crippen molar-refractivity contribution in [3.8, 4) is 11.5 Å². The molecule has 0 radical (unpaired) electrons. The molecule has 0 aliphatic heterocycles. The van der Waals surface area contributed by atoms with E-state index >= 15 is 0 Å². The van der Waals surface area contributed by atoms with Crippen LogP contribution >= 0.6 is 0 Å². The predicted molar refractivity (Wildman–Crippen MR) is 80.0 cm³/mol. The van der Waals surface area contributed by atoms with Crippen LogP contribution in [0.3, 0.4) is 0 Å². The Labute approximate surface area is 117 Å². The number of nitrogens with one attached hydrogen (secondary N) is 1. The quantitative estimate of drug-likeness (QED) is 0.690. The Hall–Kier alpha value is -1.22. The van der Waals surface area contributed by atoms with Crippen LogP contribution < -0.4 is 14.8 Å². The fourth-order valence-electron chi connectivity index (χ4n) is 1.74. The molecule has 0 heterocycles. The maximum absolute atomic E-state index is 5.88. The molecule has 1 rings (SSSR count). The van der Waals surface area contributed by atoms with Crippen molar-refractivity contribution < 1.29 is 9.47 Å². The van der Waals surface area contributed by atoms with Gasteiger partial charge in [0.25, 0.3) is 0 Å². The SMILES string of the molecule is CCCNCc1ccc(O[C@H](C)CC)c(OCC)c1. The van der Waals surface area contributed by atoms with Gasteiger partial charge in [-0.25, -0.2) is 0 Å². The van der Waals surface area contributed by atoms with Crippen molar-refractivity contribution in [1.82, 2.24) is 5.32 Å². The first-order chi connectivity index (χ1) is 9.21. The van der Waals surface area contributed by atoms with Gasteiger partial charge in [-0.3, -0.25) is 0 Å². The van der Waals surface area contributed by atoms with Gasteiger partial charge in [0, 0.05) is 6.54 Å². The van der Waals surface area contributed by atoms with Crippen molar-refractivity contribution in [2.75, 3.05) is 13.2 Å². The highest BCUT2D eigenvalue weighted by Crippen LogP contribution is 2.29. The summed E-state index contributed by atoms with van der Waals surface area (Å²) in [6.07, 6.45) is 2.35. The Morgan fingerprint density at radius 3 is 2.58 bits per heavy atom. The number of ether oxygens (including phenoxy) is 2. The van der Waals surface area contributed by atoms with Gasteiger partial charge in [-0.05, 0) is 50.9 Å². The molecule has 0 spiro atoms. The molecule has 1 aromatic rings. The molecule has 1 atom stereocenters. The van der Waals surface area contributed by atoms with E-state index in [1.54, 1.807) is 0 Å². The average Bonchev–Trinajstić information content (AvgIpc) is 2.42. The molecule has 0 fully saturated rings. The van der Waals surface area contributed by atoms with Crippen LogP contribution in [0, 0.1) is 0 Å². The molecule has 0 amide bonds. The highest BCUT2D eigenvalue weighted by atomic mass is 16.5. The van der Waals surface area contributed by atoms with Gasteiger partial charge < -0.3 is 14.8 Å². The minimum absolute atomic E-state index is 0.211. The van der Waals surface area contributed by atoms with E-state index < -0.39 is 0 Å².